The second-order valence-corrected chi connectivity index (χ2v) is 9.65. The summed E-state index contributed by atoms with van der Waals surface area (Å²) in [6.07, 6.45) is 3.99. The molecule has 0 fully saturated rings. The van der Waals surface area contributed by atoms with Gasteiger partial charge in [0.15, 0.2) is 11.6 Å². The standard InChI is InChI=1S/C18H19ClN6O2S2/c1-4-11-13(15-21-6-5-7-22-15)27-16(23-11)12-8-10(19)14(28-12)18(2)9-29(26)25(3)17(20)24-18/h5-8H,4,9H2,1-3H3,(H2,20,24). The molecular weight excluding hydrogens is 432 g/mol. The minimum absolute atomic E-state index is 0.219. The van der Waals surface area contributed by atoms with E-state index in [2.05, 4.69) is 19.9 Å². The third-order valence-corrected chi connectivity index (χ3v) is 7.98. The van der Waals surface area contributed by atoms with Gasteiger partial charge in [0, 0.05) is 19.4 Å². The summed E-state index contributed by atoms with van der Waals surface area (Å²) in [6, 6.07) is 3.54. The van der Waals surface area contributed by atoms with Crippen LogP contribution in [0.25, 0.3) is 22.4 Å². The lowest BCUT2D eigenvalue weighted by atomic mass is 10.0. The maximum Gasteiger partial charge on any atom is 0.237 e. The maximum atomic E-state index is 12.4. The van der Waals surface area contributed by atoms with Crippen molar-refractivity contribution in [2.45, 2.75) is 25.8 Å². The van der Waals surface area contributed by atoms with E-state index in [9.17, 15) is 4.21 Å². The molecule has 1 aliphatic rings. The summed E-state index contributed by atoms with van der Waals surface area (Å²) in [4.78, 5) is 19.2. The molecule has 29 heavy (non-hydrogen) atoms. The lowest BCUT2D eigenvalue weighted by molar-refractivity contribution is 0.524. The van der Waals surface area contributed by atoms with Crippen LogP contribution in [0, 0.1) is 0 Å². The molecule has 0 spiro atoms. The second-order valence-electron chi connectivity index (χ2n) is 6.72. The van der Waals surface area contributed by atoms with Gasteiger partial charge in [-0.1, -0.05) is 18.5 Å². The summed E-state index contributed by atoms with van der Waals surface area (Å²) in [7, 11) is 0.371. The van der Waals surface area contributed by atoms with E-state index in [1.165, 1.54) is 15.6 Å². The van der Waals surface area contributed by atoms with Crippen LogP contribution < -0.4 is 5.73 Å². The smallest absolute Gasteiger partial charge is 0.237 e. The summed E-state index contributed by atoms with van der Waals surface area (Å²) < 4.78 is 19.9. The quantitative estimate of drug-likeness (QED) is 0.653. The number of rotatable bonds is 4. The molecule has 152 valence electrons. The first kappa shape index (κ1) is 20.0. The molecule has 2 atom stereocenters. The van der Waals surface area contributed by atoms with E-state index in [-0.39, 0.29) is 5.96 Å². The molecule has 2 N–H and O–H groups in total. The highest BCUT2D eigenvalue weighted by atomic mass is 35.5. The first-order valence-corrected chi connectivity index (χ1v) is 11.3. The van der Waals surface area contributed by atoms with Crippen molar-refractivity contribution in [3.63, 3.8) is 0 Å². The van der Waals surface area contributed by atoms with Gasteiger partial charge in [-0.25, -0.2) is 24.2 Å². The van der Waals surface area contributed by atoms with Crippen molar-refractivity contribution in [3.05, 3.63) is 40.1 Å². The summed E-state index contributed by atoms with van der Waals surface area (Å²) in [5, 5.41) is 0.513. The second kappa shape index (κ2) is 7.51. The molecule has 8 nitrogen and oxygen atoms in total. The molecule has 0 aliphatic carbocycles. The van der Waals surface area contributed by atoms with Crippen LogP contribution in [0.5, 0.6) is 0 Å². The van der Waals surface area contributed by atoms with Crippen LogP contribution in [0.4, 0.5) is 0 Å². The number of aromatic nitrogens is 3. The monoisotopic (exact) mass is 450 g/mol. The fourth-order valence-electron chi connectivity index (χ4n) is 3.04. The number of hydrogen-bond donors (Lipinski definition) is 1. The number of nitrogens with two attached hydrogens (primary N) is 1. The molecule has 0 aromatic carbocycles. The Balaban J connectivity index is 1.76. The molecule has 11 heteroatoms. The van der Waals surface area contributed by atoms with Crippen LogP contribution in [0.3, 0.4) is 0 Å². The molecule has 4 rings (SSSR count). The molecule has 2 unspecified atom stereocenters. The summed E-state index contributed by atoms with van der Waals surface area (Å²) in [6.45, 7) is 3.87. The molecule has 3 aromatic heterocycles. The summed E-state index contributed by atoms with van der Waals surface area (Å²) in [5.41, 5.74) is 5.94. The van der Waals surface area contributed by atoms with Gasteiger partial charge in [-0.15, -0.1) is 11.3 Å². The van der Waals surface area contributed by atoms with E-state index in [0.29, 0.717) is 34.7 Å². The molecule has 4 heterocycles. The molecule has 3 aromatic rings. The number of halogens is 1. The topological polar surface area (TPSA) is 110 Å². The van der Waals surface area contributed by atoms with Gasteiger partial charge < -0.3 is 10.2 Å². The average Bonchev–Trinajstić information content (AvgIpc) is 3.30. The van der Waals surface area contributed by atoms with Crippen LogP contribution in [-0.4, -0.2) is 42.2 Å². The Morgan fingerprint density at radius 3 is 2.79 bits per heavy atom. The van der Waals surface area contributed by atoms with Gasteiger partial charge in [-0.2, -0.15) is 0 Å². The SMILES string of the molecule is CCc1nc(-c2cc(Cl)c(C3(C)CS(=O)N(C)C(N)=N3)s2)oc1-c1ncccn1. The van der Waals surface area contributed by atoms with E-state index in [1.807, 2.05) is 13.8 Å². The molecule has 0 saturated carbocycles. The Bertz CT molecular complexity index is 1110. The Hall–Kier alpha value is -2.30. The molecule has 0 bridgehead atoms. The predicted octanol–water partition coefficient (Wildman–Crippen LogP) is 3.21. The lowest BCUT2D eigenvalue weighted by Crippen LogP contribution is -2.47. The first-order valence-electron chi connectivity index (χ1n) is 8.87. The Kier molecular flexibility index (Phi) is 5.18. The fraction of sp³-hybridized carbons (Fsp3) is 0.333. The van der Waals surface area contributed by atoms with Crippen molar-refractivity contribution in [3.8, 4) is 22.4 Å². The van der Waals surface area contributed by atoms with Crippen LogP contribution >= 0.6 is 22.9 Å². The highest BCUT2D eigenvalue weighted by molar-refractivity contribution is 7.83. The zero-order valence-electron chi connectivity index (χ0n) is 16.0. The van der Waals surface area contributed by atoms with Crippen LogP contribution in [-0.2, 0) is 22.9 Å². The zero-order chi connectivity index (χ0) is 20.8. The van der Waals surface area contributed by atoms with Crippen molar-refractivity contribution >= 4 is 39.9 Å². The zero-order valence-corrected chi connectivity index (χ0v) is 18.4. The van der Waals surface area contributed by atoms with Crippen molar-refractivity contribution in [1.29, 1.82) is 0 Å². The Morgan fingerprint density at radius 2 is 2.14 bits per heavy atom. The van der Waals surface area contributed by atoms with Crippen molar-refractivity contribution in [2.75, 3.05) is 12.8 Å². The molecule has 0 saturated heterocycles. The van der Waals surface area contributed by atoms with Gasteiger partial charge >= 0.3 is 0 Å². The highest BCUT2D eigenvalue weighted by Gasteiger charge is 2.39. The van der Waals surface area contributed by atoms with Crippen molar-refractivity contribution < 1.29 is 8.63 Å². The Morgan fingerprint density at radius 1 is 1.41 bits per heavy atom. The number of nitrogens with zero attached hydrogens (tertiary/aromatic N) is 5. The first-order chi connectivity index (χ1) is 13.8. The number of thiophene rings is 1. The van der Waals surface area contributed by atoms with E-state index < -0.39 is 16.5 Å². The third kappa shape index (κ3) is 3.56. The van der Waals surface area contributed by atoms with E-state index in [4.69, 9.17) is 21.8 Å². The van der Waals surface area contributed by atoms with Crippen LogP contribution in [0.15, 0.2) is 33.9 Å². The maximum absolute atomic E-state index is 12.4. The molecule has 0 radical (unpaired) electrons. The largest absolute Gasteiger partial charge is 0.432 e. The minimum atomic E-state index is -1.28. The molecule has 0 amide bonds. The van der Waals surface area contributed by atoms with Crippen LogP contribution in [0.1, 0.15) is 24.4 Å². The number of hydrogen-bond acceptors (Lipinski definition) is 8. The molecule has 1 aliphatic heterocycles. The number of aliphatic imine (C=N–C) groups is 1. The average molecular weight is 451 g/mol. The van der Waals surface area contributed by atoms with Crippen LogP contribution in [0.2, 0.25) is 5.02 Å². The fourth-order valence-corrected chi connectivity index (χ4v) is 5.83. The number of aryl methyl sites for hydroxylation is 1. The normalized spacial score (nSPS) is 22.0. The van der Waals surface area contributed by atoms with E-state index in [0.717, 1.165) is 15.4 Å². The van der Waals surface area contributed by atoms with E-state index >= 15 is 0 Å². The number of guanidine groups is 1. The summed E-state index contributed by atoms with van der Waals surface area (Å²) in [5.74, 6) is 1.98. The van der Waals surface area contributed by atoms with Crippen molar-refractivity contribution in [1.82, 2.24) is 19.3 Å². The Labute approximate surface area is 179 Å². The van der Waals surface area contributed by atoms with E-state index in [1.54, 1.807) is 31.6 Å². The summed E-state index contributed by atoms with van der Waals surface area (Å²) >= 11 is 7.95. The highest BCUT2D eigenvalue weighted by Crippen LogP contribution is 2.44. The van der Waals surface area contributed by atoms with Gasteiger partial charge in [0.2, 0.25) is 11.9 Å². The van der Waals surface area contributed by atoms with Gasteiger partial charge in [-0.05, 0) is 25.5 Å². The molecular formula is C18H19ClN6O2S2. The van der Waals surface area contributed by atoms with Crippen molar-refractivity contribution in [2.24, 2.45) is 10.7 Å². The number of oxazole rings is 1. The van der Waals surface area contributed by atoms with Gasteiger partial charge in [0.1, 0.15) is 16.5 Å². The predicted molar refractivity (Wildman–Crippen MR) is 115 cm³/mol. The van der Waals surface area contributed by atoms with Gasteiger partial charge in [0.05, 0.1) is 26.2 Å². The van der Waals surface area contributed by atoms with Gasteiger partial charge in [0.25, 0.3) is 0 Å². The minimum Gasteiger partial charge on any atom is -0.432 e. The lowest BCUT2D eigenvalue weighted by Gasteiger charge is -2.33. The van der Waals surface area contributed by atoms with Gasteiger partial charge in [-0.3, -0.25) is 4.31 Å². The third-order valence-electron chi connectivity index (χ3n) is 4.58.